The van der Waals surface area contributed by atoms with E-state index in [0.29, 0.717) is 12.5 Å². The normalized spacial score (nSPS) is 27.3. The number of ether oxygens (including phenoxy) is 1. The Morgan fingerprint density at radius 2 is 2.11 bits per heavy atom. The van der Waals surface area contributed by atoms with Crippen LogP contribution in [-0.2, 0) is 9.53 Å². The first-order valence-electron chi connectivity index (χ1n) is 7.03. The quantitative estimate of drug-likeness (QED) is 0.441. The second-order valence-corrected chi connectivity index (χ2v) is 11.3. The van der Waals surface area contributed by atoms with Crippen LogP contribution in [-0.4, -0.2) is 20.7 Å². The number of hydrogen-bond acceptors (Lipinski definition) is 2. The Hall–Kier alpha value is -0.833. The Bertz CT molecular complexity index is 401. The summed E-state index contributed by atoms with van der Waals surface area (Å²) in [6.07, 6.45) is 8.06. The first kappa shape index (κ1) is 13.6. The fraction of sp³-hybridized carbons (Fsp3) is 0.667. The van der Waals surface area contributed by atoms with E-state index in [2.05, 4.69) is 31.8 Å². The van der Waals surface area contributed by atoms with Crippen molar-refractivity contribution in [3.63, 3.8) is 0 Å². The molecule has 100 valence electrons. The number of allylic oxidation sites excluding steroid dienone is 2. The minimum Gasteiger partial charge on any atom is -0.465 e. The average molecular weight is 264 g/mol. The van der Waals surface area contributed by atoms with Crippen molar-refractivity contribution in [2.75, 3.05) is 6.61 Å². The second-order valence-electron chi connectivity index (χ2n) is 6.30. The van der Waals surface area contributed by atoms with Gasteiger partial charge in [-0.25, -0.2) is 0 Å². The Morgan fingerprint density at radius 3 is 2.72 bits per heavy atom. The summed E-state index contributed by atoms with van der Waals surface area (Å²) in [4.78, 5) is 12.2. The summed E-state index contributed by atoms with van der Waals surface area (Å²) >= 11 is 0. The van der Waals surface area contributed by atoms with Crippen LogP contribution in [0.25, 0.3) is 0 Å². The molecule has 0 heterocycles. The highest BCUT2D eigenvalue weighted by atomic mass is 28.3. The first-order valence-corrected chi connectivity index (χ1v) is 10.5. The maximum Gasteiger partial charge on any atom is 0.316 e. The van der Waals surface area contributed by atoms with E-state index in [4.69, 9.17) is 4.74 Å². The van der Waals surface area contributed by atoms with Crippen molar-refractivity contribution < 1.29 is 9.53 Å². The molecule has 18 heavy (non-hydrogen) atoms. The molecule has 1 saturated carbocycles. The van der Waals surface area contributed by atoms with Crippen molar-refractivity contribution in [1.29, 1.82) is 0 Å². The summed E-state index contributed by atoms with van der Waals surface area (Å²) in [5.74, 6) is 0.461. The van der Waals surface area contributed by atoms with Gasteiger partial charge in [0.1, 0.15) is 0 Å². The van der Waals surface area contributed by atoms with Gasteiger partial charge in [0, 0.05) is 0 Å². The molecule has 0 spiro atoms. The number of esters is 1. The molecular formula is C15H24O2Si. The molecule has 0 N–H and O–H groups in total. The summed E-state index contributed by atoms with van der Waals surface area (Å²) in [6.45, 7) is 9.38. The molecule has 2 atom stereocenters. The topological polar surface area (TPSA) is 26.3 Å². The predicted molar refractivity (Wildman–Crippen MR) is 77.0 cm³/mol. The summed E-state index contributed by atoms with van der Waals surface area (Å²) in [6, 6.07) is 0. The number of carbonyl (C=O) groups is 1. The number of carbonyl (C=O) groups excluding carboxylic acids is 1. The largest absolute Gasteiger partial charge is 0.465 e. The molecule has 0 aliphatic heterocycles. The van der Waals surface area contributed by atoms with Gasteiger partial charge in [-0.15, -0.1) is 0 Å². The molecule has 2 rings (SSSR count). The van der Waals surface area contributed by atoms with Gasteiger partial charge in [0.25, 0.3) is 0 Å². The van der Waals surface area contributed by atoms with Gasteiger partial charge < -0.3 is 4.74 Å². The smallest absolute Gasteiger partial charge is 0.316 e. The predicted octanol–water partition coefficient (Wildman–Crippen LogP) is 3.71. The van der Waals surface area contributed by atoms with Gasteiger partial charge in [0.2, 0.25) is 0 Å². The van der Waals surface area contributed by atoms with Crippen molar-refractivity contribution in [2.45, 2.75) is 45.8 Å². The molecule has 2 aliphatic rings. The Balaban J connectivity index is 2.38. The Kier molecular flexibility index (Phi) is 3.81. The van der Waals surface area contributed by atoms with Crippen LogP contribution in [0.15, 0.2) is 22.9 Å². The van der Waals surface area contributed by atoms with Crippen LogP contribution in [0, 0.1) is 11.8 Å². The highest BCUT2D eigenvalue weighted by Crippen LogP contribution is 2.43. The van der Waals surface area contributed by atoms with Crippen LogP contribution >= 0.6 is 0 Å². The second kappa shape index (κ2) is 5.04. The van der Waals surface area contributed by atoms with Crippen LogP contribution < -0.4 is 0 Å². The molecule has 0 unspecified atom stereocenters. The fourth-order valence-corrected chi connectivity index (χ4v) is 5.76. The van der Waals surface area contributed by atoms with Crippen LogP contribution in [0.3, 0.4) is 0 Å². The fourth-order valence-electron chi connectivity index (χ4n) is 3.34. The van der Waals surface area contributed by atoms with Crippen LogP contribution in [0.5, 0.6) is 0 Å². The zero-order valence-electron chi connectivity index (χ0n) is 12.0. The molecule has 0 radical (unpaired) electrons. The van der Waals surface area contributed by atoms with Gasteiger partial charge in [-0.1, -0.05) is 42.6 Å². The van der Waals surface area contributed by atoms with Gasteiger partial charge >= 0.3 is 5.97 Å². The first-order chi connectivity index (χ1) is 8.45. The van der Waals surface area contributed by atoms with E-state index in [1.165, 1.54) is 24.5 Å². The Labute approximate surface area is 111 Å². The van der Waals surface area contributed by atoms with Gasteiger partial charge in [0.15, 0.2) is 0 Å². The molecule has 3 heteroatoms. The highest BCUT2D eigenvalue weighted by molar-refractivity contribution is 6.83. The monoisotopic (exact) mass is 264 g/mol. The molecular weight excluding hydrogens is 240 g/mol. The van der Waals surface area contributed by atoms with Crippen molar-refractivity contribution in [2.24, 2.45) is 11.8 Å². The van der Waals surface area contributed by atoms with Gasteiger partial charge in [-0.05, 0) is 32.1 Å². The Morgan fingerprint density at radius 1 is 1.39 bits per heavy atom. The maximum absolute atomic E-state index is 12.2. The van der Waals surface area contributed by atoms with Crippen molar-refractivity contribution in [3.8, 4) is 0 Å². The van der Waals surface area contributed by atoms with E-state index < -0.39 is 8.07 Å². The molecule has 0 saturated heterocycles. The molecule has 2 aliphatic carbocycles. The summed E-state index contributed by atoms with van der Waals surface area (Å²) in [5.41, 5.74) is 1.56. The number of fused-ring (bicyclic) bond motifs is 1. The average Bonchev–Trinajstić information content (AvgIpc) is 2.74. The molecule has 0 aromatic carbocycles. The SMILES string of the molecule is CCOC(=O)[C@H]1C=C[C@H]2CCCC2=C1[Si](C)(C)C. The van der Waals surface area contributed by atoms with Gasteiger partial charge in [-0.3, -0.25) is 4.79 Å². The van der Waals surface area contributed by atoms with Crippen molar-refractivity contribution >= 4 is 14.0 Å². The molecule has 0 amide bonds. The standard InChI is InChI=1S/C15H24O2Si/c1-5-17-15(16)13-10-9-11-7-6-8-12(11)14(13)18(2,3)4/h9-11,13H,5-8H2,1-4H3/t11-,13+/m1/s1. The number of rotatable bonds is 3. The summed E-state index contributed by atoms with van der Waals surface area (Å²) < 4.78 is 5.25. The van der Waals surface area contributed by atoms with E-state index in [1.807, 2.05) is 6.92 Å². The molecule has 1 fully saturated rings. The van der Waals surface area contributed by atoms with E-state index in [1.54, 1.807) is 5.57 Å². The molecule has 0 bridgehead atoms. The lowest BCUT2D eigenvalue weighted by molar-refractivity contribution is -0.145. The third-order valence-electron chi connectivity index (χ3n) is 3.95. The lowest BCUT2D eigenvalue weighted by Crippen LogP contribution is -2.36. The van der Waals surface area contributed by atoms with Gasteiger partial charge in [-0.2, -0.15) is 0 Å². The van der Waals surface area contributed by atoms with E-state index in [0.717, 1.165) is 0 Å². The van der Waals surface area contributed by atoms with E-state index >= 15 is 0 Å². The van der Waals surface area contributed by atoms with Gasteiger partial charge in [0.05, 0.1) is 20.6 Å². The van der Waals surface area contributed by atoms with Crippen LogP contribution in [0.1, 0.15) is 26.2 Å². The lowest BCUT2D eigenvalue weighted by Gasteiger charge is -2.33. The van der Waals surface area contributed by atoms with Crippen molar-refractivity contribution in [3.05, 3.63) is 22.9 Å². The maximum atomic E-state index is 12.2. The number of hydrogen-bond donors (Lipinski definition) is 0. The van der Waals surface area contributed by atoms with Crippen LogP contribution in [0.2, 0.25) is 19.6 Å². The minimum atomic E-state index is -1.47. The zero-order valence-corrected chi connectivity index (χ0v) is 13.0. The molecule has 0 aromatic rings. The third kappa shape index (κ3) is 2.46. The summed E-state index contributed by atoms with van der Waals surface area (Å²) in [7, 11) is -1.47. The molecule has 0 aromatic heterocycles. The van der Waals surface area contributed by atoms with Crippen LogP contribution in [0.4, 0.5) is 0 Å². The van der Waals surface area contributed by atoms with E-state index in [9.17, 15) is 4.79 Å². The van der Waals surface area contributed by atoms with E-state index in [-0.39, 0.29) is 11.9 Å². The lowest BCUT2D eigenvalue weighted by atomic mass is 9.90. The minimum absolute atomic E-state index is 0.0518. The van der Waals surface area contributed by atoms with Crippen molar-refractivity contribution in [1.82, 2.24) is 0 Å². The zero-order chi connectivity index (χ0) is 13.3. The highest BCUT2D eigenvalue weighted by Gasteiger charge is 2.38. The summed E-state index contributed by atoms with van der Waals surface area (Å²) in [5, 5.41) is 1.45. The molecule has 2 nitrogen and oxygen atoms in total. The third-order valence-corrected chi connectivity index (χ3v) is 6.20.